The Morgan fingerprint density at radius 2 is 1.77 bits per heavy atom. The number of piperidine rings is 1. The van der Waals surface area contributed by atoms with E-state index in [1.807, 2.05) is 31.2 Å². The van der Waals surface area contributed by atoms with Crippen LogP contribution in [0.5, 0.6) is 0 Å². The molecule has 0 unspecified atom stereocenters. The van der Waals surface area contributed by atoms with Gasteiger partial charge in [0.1, 0.15) is 10.8 Å². The number of aromatic nitrogens is 2. The lowest BCUT2D eigenvalue weighted by molar-refractivity contribution is 0.0708. The van der Waals surface area contributed by atoms with Crippen LogP contribution in [0.2, 0.25) is 0 Å². The number of likely N-dealkylation sites (tertiary alicyclic amines) is 1. The van der Waals surface area contributed by atoms with Crippen LogP contribution in [0.3, 0.4) is 0 Å². The Bertz CT molecular complexity index is 1060. The van der Waals surface area contributed by atoms with Gasteiger partial charge in [0.15, 0.2) is 0 Å². The third-order valence-electron chi connectivity index (χ3n) is 5.18. The first kappa shape index (κ1) is 20.2. The Balaban J connectivity index is 1.36. The molecule has 2 aromatic carbocycles. The highest BCUT2D eigenvalue weighted by atomic mass is 32.1. The Morgan fingerprint density at radius 3 is 2.47 bits per heavy atom. The summed E-state index contributed by atoms with van der Waals surface area (Å²) in [5, 5.41) is 12.2. The van der Waals surface area contributed by atoms with Gasteiger partial charge in [-0.1, -0.05) is 41.2 Å². The second kappa shape index (κ2) is 8.71. The number of benzene rings is 2. The summed E-state index contributed by atoms with van der Waals surface area (Å²) < 4.78 is 13.9. The Morgan fingerprint density at radius 1 is 1.07 bits per heavy atom. The van der Waals surface area contributed by atoms with E-state index in [2.05, 4.69) is 15.5 Å². The number of anilines is 1. The lowest BCUT2D eigenvalue weighted by atomic mass is 9.97. The fourth-order valence-electron chi connectivity index (χ4n) is 3.45. The molecule has 0 saturated carbocycles. The van der Waals surface area contributed by atoms with Crippen LogP contribution >= 0.6 is 11.3 Å². The van der Waals surface area contributed by atoms with Crippen LogP contribution in [0.25, 0.3) is 0 Å². The maximum absolute atomic E-state index is 13.9. The number of halogens is 1. The number of hydrogen-bond acceptors (Lipinski definition) is 5. The first-order valence-corrected chi connectivity index (χ1v) is 10.6. The van der Waals surface area contributed by atoms with E-state index in [4.69, 9.17) is 0 Å². The number of carbonyl (C=O) groups excluding carboxylic acids is 2. The highest BCUT2D eigenvalue weighted by molar-refractivity contribution is 7.13. The molecule has 3 aromatic rings. The van der Waals surface area contributed by atoms with Crippen molar-refractivity contribution in [1.82, 2.24) is 15.1 Å². The van der Waals surface area contributed by atoms with Gasteiger partial charge in [-0.05, 0) is 44.0 Å². The number of nitrogens with zero attached hydrogens (tertiary/aromatic N) is 3. The average molecular weight is 425 g/mol. The van der Waals surface area contributed by atoms with Crippen molar-refractivity contribution in [3.05, 3.63) is 75.5 Å². The van der Waals surface area contributed by atoms with Gasteiger partial charge in [-0.25, -0.2) is 4.39 Å². The average Bonchev–Trinajstić information content (AvgIpc) is 3.26. The third kappa shape index (κ3) is 4.38. The van der Waals surface area contributed by atoms with Gasteiger partial charge in [-0.3, -0.25) is 9.59 Å². The number of hydrogen-bond donors (Lipinski definition) is 1. The van der Waals surface area contributed by atoms with E-state index < -0.39 is 5.82 Å². The molecule has 2 amide bonds. The third-order valence-corrected chi connectivity index (χ3v) is 6.26. The fourth-order valence-corrected chi connectivity index (χ4v) is 4.35. The number of aryl methyl sites for hydroxylation is 1. The molecular formula is C22H21FN4O2S. The minimum Gasteiger partial charge on any atom is -0.339 e. The quantitative estimate of drug-likeness (QED) is 0.679. The highest BCUT2D eigenvalue weighted by Gasteiger charge is 2.28. The van der Waals surface area contributed by atoms with E-state index in [1.54, 1.807) is 17.0 Å². The van der Waals surface area contributed by atoms with Crippen molar-refractivity contribution in [2.45, 2.75) is 25.7 Å². The molecule has 1 saturated heterocycles. The molecule has 0 bridgehead atoms. The van der Waals surface area contributed by atoms with E-state index in [0.717, 1.165) is 10.6 Å². The zero-order valence-corrected chi connectivity index (χ0v) is 17.3. The summed E-state index contributed by atoms with van der Waals surface area (Å²) in [4.78, 5) is 26.7. The van der Waals surface area contributed by atoms with E-state index in [-0.39, 0.29) is 23.3 Å². The molecule has 0 aliphatic carbocycles. The van der Waals surface area contributed by atoms with Crippen molar-refractivity contribution in [2.75, 3.05) is 18.4 Å². The van der Waals surface area contributed by atoms with Crippen LogP contribution in [0.15, 0.2) is 48.5 Å². The lowest BCUT2D eigenvalue weighted by Crippen LogP contribution is -2.38. The normalized spacial score (nSPS) is 14.5. The molecule has 8 heteroatoms. The molecular weight excluding hydrogens is 403 g/mol. The van der Waals surface area contributed by atoms with Crippen molar-refractivity contribution >= 4 is 28.8 Å². The largest absolute Gasteiger partial charge is 0.339 e. The predicted octanol–water partition coefficient (Wildman–Crippen LogP) is 4.26. The number of nitrogens with one attached hydrogen (secondary N) is 1. The first-order valence-electron chi connectivity index (χ1n) is 9.76. The topological polar surface area (TPSA) is 75.2 Å². The minimum absolute atomic E-state index is 0.0990. The maximum atomic E-state index is 13.9. The van der Waals surface area contributed by atoms with Crippen molar-refractivity contribution in [3.63, 3.8) is 0 Å². The summed E-state index contributed by atoms with van der Waals surface area (Å²) in [7, 11) is 0. The highest BCUT2D eigenvalue weighted by Crippen LogP contribution is 2.31. The van der Waals surface area contributed by atoms with Crippen LogP contribution in [-0.2, 0) is 0 Å². The fraction of sp³-hybridized carbons (Fsp3) is 0.273. The smallest absolute Gasteiger partial charge is 0.286 e. The van der Waals surface area contributed by atoms with Gasteiger partial charge >= 0.3 is 0 Å². The molecule has 1 fully saturated rings. The molecule has 1 aliphatic heterocycles. The van der Waals surface area contributed by atoms with Gasteiger partial charge in [0.2, 0.25) is 5.01 Å². The molecule has 1 aromatic heterocycles. The Labute approximate surface area is 177 Å². The van der Waals surface area contributed by atoms with Crippen LogP contribution in [-0.4, -0.2) is 40.0 Å². The molecule has 0 atom stereocenters. The lowest BCUT2D eigenvalue weighted by Gasteiger charge is -2.31. The van der Waals surface area contributed by atoms with Gasteiger partial charge in [0.25, 0.3) is 11.8 Å². The van der Waals surface area contributed by atoms with Crippen LogP contribution in [0, 0.1) is 12.7 Å². The van der Waals surface area contributed by atoms with Gasteiger partial charge in [-0.2, -0.15) is 0 Å². The van der Waals surface area contributed by atoms with E-state index in [1.165, 1.54) is 23.5 Å². The van der Waals surface area contributed by atoms with Gasteiger partial charge in [-0.15, -0.1) is 10.2 Å². The predicted molar refractivity (Wildman–Crippen MR) is 113 cm³/mol. The first-order chi connectivity index (χ1) is 14.5. The molecule has 2 heterocycles. The van der Waals surface area contributed by atoms with Crippen molar-refractivity contribution in [3.8, 4) is 0 Å². The number of amides is 2. The summed E-state index contributed by atoms with van der Waals surface area (Å²) in [6.07, 6.45) is 1.41. The number of rotatable bonds is 4. The van der Waals surface area contributed by atoms with E-state index >= 15 is 0 Å². The molecule has 30 heavy (non-hydrogen) atoms. The summed E-state index contributed by atoms with van der Waals surface area (Å²) in [6.45, 7) is 3.02. The maximum Gasteiger partial charge on any atom is 0.286 e. The van der Waals surface area contributed by atoms with Crippen molar-refractivity contribution < 1.29 is 14.0 Å². The molecule has 1 N–H and O–H groups in total. The van der Waals surface area contributed by atoms with Crippen LogP contribution in [0.4, 0.5) is 10.1 Å². The van der Waals surface area contributed by atoms with E-state index in [9.17, 15) is 14.0 Å². The molecule has 154 valence electrons. The second-order valence-corrected chi connectivity index (χ2v) is 8.32. The molecule has 0 spiro atoms. The molecule has 0 radical (unpaired) electrons. The summed E-state index contributed by atoms with van der Waals surface area (Å²) in [5.74, 6) is -0.942. The second-order valence-electron chi connectivity index (χ2n) is 7.31. The number of carbonyl (C=O) groups is 2. The standard InChI is InChI=1S/C22H21FN4O2S/c1-14-6-8-16(9-7-14)24-19(28)21-26-25-20(30-21)15-10-12-27(13-11-15)22(29)17-4-2-3-5-18(17)23/h2-9,15H,10-13H2,1H3,(H,24,28). The minimum atomic E-state index is -0.502. The zero-order chi connectivity index (χ0) is 21.1. The Hall–Kier alpha value is -3.13. The van der Waals surface area contributed by atoms with Crippen LogP contribution < -0.4 is 5.32 Å². The van der Waals surface area contributed by atoms with Gasteiger partial charge < -0.3 is 10.2 Å². The SMILES string of the molecule is Cc1ccc(NC(=O)c2nnc(C3CCN(C(=O)c4ccccc4F)CC3)s2)cc1. The van der Waals surface area contributed by atoms with Gasteiger partial charge in [0, 0.05) is 24.7 Å². The van der Waals surface area contributed by atoms with Crippen molar-refractivity contribution in [2.24, 2.45) is 0 Å². The Kier molecular flexibility index (Phi) is 5.85. The molecule has 1 aliphatic rings. The van der Waals surface area contributed by atoms with Gasteiger partial charge in [0.05, 0.1) is 5.56 Å². The summed E-state index contributed by atoms with van der Waals surface area (Å²) >= 11 is 1.28. The van der Waals surface area contributed by atoms with Crippen molar-refractivity contribution in [1.29, 1.82) is 0 Å². The molecule has 4 rings (SSSR count). The molecule has 6 nitrogen and oxygen atoms in total. The van der Waals surface area contributed by atoms with E-state index in [0.29, 0.717) is 36.6 Å². The van der Waals surface area contributed by atoms with Crippen LogP contribution in [0.1, 0.15) is 49.5 Å². The summed E-state index contributed by atoms with van der Waals surface area (Å²) in [5.41, 5.74) is 1.93. The zero-order valence-electron chi connectivity index (χ0n) is 16.5. The monoisotopic (exact) mass is 424 g/mol. The summed E-state index contributed by atoms with van der Waals surface area (Å²) in [6, 6.07) is 13.6.